The van der Waals surface area contributed by atoms with E-state index in [0.29, 0.717) is 10.7 Å². The van der Waals surface area contributed by atoms with E-state index in [9.17, 15) is 0 Å². The number of H-pyrrole nitrogens is 1. The molecule has 0 saturated heterocycles. The van der Waals surface area contributed by atoms with Crippen LogP contribution in [0.25, 0.3) is 11.1 Å². The Morgan fingerprint density at radius 2 is 2.23 bits per heavy atom. The molecule has 2 rings (SSSR count). The van der Waals surface area contributed by atoms with Crippen LogP contribution >= 0.6 is 11.6 Å². The Balaban J connectivity index is 2.53. The summed E-state index contributed by atoms with van der Waals surface area (Å²) in [7, 11) is 0. The number of nitrogens with zero attached hydrogens (tertiary/aromatic N) is 1. The molecule has 4 heteroatoms. The number of hydrogen-bond acceptors (Lipinski definition) is 2. The van der Waals surface area contributed by atoms with Crippen LogP contribution in [0.4, 0.5) is 5.69 Å². The normalized spacial score (nSPS) is 10.2. The number of aromatic amines is 1. The fraction of sp³-hybridized carbons (Fsp3) is 0. The molecule has 1 aromatic carbocycles. The summed E-state index contributed by atoms with van der Waals surface area (Å²) in [5, 5.41) is 7.22. The molecule has 0 aliphatic carbocycles. The number of benzene rings is 1. The van der Waals surface area contributed by atoms with E-state index in [-0.39, 0.29) is 0 Å². The molecule has 0 bridgehead atoms. The van der Waals surface area contributed by atoms with Gasteiger partial charge in [0.05, 0.1) is 6.20 Å². The lowest BCUT2D eigenvalue weighted by Gasteiger charge is -2.02. The standard InChI is InChI=1S/C9H8ClN3/c10-7-1-2-8(9(11)3-7)6-4-12-13-5-6/h1-5H,11H2,(H,12,13). The molecule has 0 radical (unpaired) electrons. The zero-order valence-corrected chi connectivity index (χ0v) is 7.55. The number of aromatic nitrogens is 2. The van der Waals surface area contributed by atoms with E-state index in [1.54, 1.807) is 24.5 Å². The zero-order chi connectivity index (χ0) is 9.26. The third kappa shape index (κ3) is 1.51. The molecule has 0 saturated carbocycles. The van der Waals surface area contributed by atoms with Crippen molar-refractivity contribution in [3.63, 3.8) is 0 Å². The Morgan fingerprint density at radius 1 is 1.38 bits per heavy atom. The maximum atomic E-state index is 5.79. The number of anilines is 1. The number of nitrogens with one attached hydrogen (secondary N) is 1. The molecule has 0 unspecified atom stereocenters. The van der Waals surface area contributed by atoms with Crippen LogP contribution < -0.4 is 5.73 Å². The predicted octanol–water partition coefficient (Wildman–Crippen LogP) is 2.31. The minimum Gasteiger partial charge on any atom is -0.398 e. The first-order valence-corrected chi connectivity index (χ1v) is 4.19. The number of hydrogen-bond donors (Lipinski definition) is 2. The van der Waals surface area contributed by atoms with E-state index in [2.05, 4.69) is 10.2 Å². The highest BCUT2D eigenvalue weighted by molar-refractivity contribution is 6.31. The molecule has 0 fully saturated rings. The van der Waals surface area contributed by atoms with Crippen molar-refractivity contribution in [2.75, 3.05) is 5.73 Å². The highest BCUT2D eigenvalue weighted by Crippen LogP contribution is 2.27. The second-order valence-corrected chi connectivity index (χ2v) is 3.15. The van der Waals surface area contributed by atoms with Gasteiger partial charge in [0, 0.05) is 28.0 Å². The highest BCUT2D eigenvalue weighted by Gasteiger charge is 2.03. The van der Waals surface area contributed by atoms with Gasteiger partial charge in [0.25, 0.3) is 0 Å². The number of rotatable bonds is 1. The summed E-state index contributed by atoms with van der Waals surface area (Å²) in [5.41, 5.74) is 8.36. The number of halogens is 1. The van der Waals surface area contributed by atoms with E-state index < -0.39 is 0 Å². The number of nitrogen functional groups attached to an aromatic ring is 1. The highest BCUT2D eigenvalue weighted by atomic mass is 35.5. The Kier molecular flexibility index (Phi) is 1.94. The van der Waals surface area contributed by atoms with Gasteiger partial charge in [-0.3, -0.25) is 5.10 Å². The van der Waals surface area contributed by atoms with Crippen LogP contribution in [0.15, 0.2) is 30.6 Å². The molecule has 0 aliphatic rings. The minimum absolute atomic E-state index is 0.643. The fourth-order valence-electron chi connectivity index (χ4n) is 1.19. The lowest BCUT2D eigenvalue weighted by atomic mass is 10.1. The summed E-state index contributed by atoms with van der Waals surface area (Å²) >= 11 is 5.77. The summed E-state index contributed by atoms with van der Waals surface area (Å²) < 4.78 is 0. The summed E-state index contributed by atoms with van der Waals surface area (Å²) in [6, 6.07) is 5.41. The Labute approximate surface area is 80.5 Å². The topological polar surface area (TPSA) is 54.7 Å². The molecular formula is C9H8ClN3. The van der Waals surface area contributed by atoms with Gasteiger partial charge in [-0.15, -0.1) is 0 Å². The average Bonchev–Trinajstić information content (AvgIpc) is 2.56. The largest absolute Gasteiger partial charge is 0.398 e. The zero-order valence-electron chi connectivity index (χ0n) is 6.79. The SMILES string of the molecule is Nc1cc(Cl)ccc1-c1cn[nH]c1. The molecule has 2 aromatic rings. The monoisotopic (exact) mass is 193 g/mol. The van der Waals surface area contributed by atoms with Gasteiger partial charge in [0.2, 0.25) is 0 Å². The summed E-state index contributed by atoms with van der Waals surface area (Å²) in [4.78, 5) is 0. The molecule has 3 N–H and O–H groups in total. The molecule has 0 atom stereocenters. The molecule has 3 nitrogen and oxygen atoms in total. The van der Waals surface area contributed by atoms with Gasteiger partial charge in [-0.05, 0) is 12.1 Å². The van der Waals surface area contributed by atoms with E-state index in [0.717, 1.165) is 11.1 Å². The van der Waals surface area contributed by atoms with Crippen molar-refractivity contribution in [2.24, 2.45) is 0 Å². The lowest BCUT2D eigenvalue weighted by Crippen LogP contribution is -1.88. The Hall–Kier alpha value is -1.48. The van der Waals surface area contributed by atoms with Crippen LogP contribution in [-0.2, 0) is 0 Å². The second kappa shape index (κ2) is 3.11. The van der Waals surface area contributed by atoms with Crippen LogP contribution in [0.5, 0.6) is 0 Å². The average molecular weight is 194 g/mol. The van der Waals surface area contributed by atoms with E-state index in [1.165, 1.54) is 0 Å². The van der Waals surface area contributed by atoms with Crippen molar-refractivity contribution in [1.82, 2.24) is 10.2 Å². The third-order valence-corrected chi connectivity index (χ3v) is 2.06. The van der Waals surface area contributed by atoms with Gasteiger partial charge in [0.15, 0.2) is 0 Å². The summed E-state index contributed by atoms with van der Waals surface area (Å²) in [6.07, 6.45) is 3.51. The molecule has 1 aromatic heterocycles. The predicted molar refractivity (Wildman–Crippen MR) is 53.4 cm³/mol. The molecule has 1 heterocycles. The van der Waals surface area contributed by atoms with Gasteiger partial charge in [-0.2, -0.15) is 5.10 Å². The van der Waals surface area contributed by atoms with Crippen molar-refractivity contribution in [2.45, 2.75) is 0 Å². The molecule has 0 aliphatic heterocycles. The lowest BCUT2D eigenvalue weighted by molar-refractivity contribution is 1.09. The molecule has 66 valence electrons. The van der Waals surface area contributed by atoms with Crippen LogP contribution in [-0.4, -0.2) is 10.2 Å². The molecule has 0 spiro atoms. The van der Waals surface area contributed by atoms with Crippen LogP contribution in [0.3, 0.4) is 0 Å². The Morgan fingerprint density at radius 3 is 2.85 bits per heavy atom. The van der Waals surface area contributed by atoms with Gasteiger partial charge in [0.1, 0.15) is 0 Å². The van der Waals surface area contributed by atoms with Crippen LogP contribution in [0.2, 0.25) is 5.02 Å². The number of nitrogens with two attached hydrogens (primary N) is 1. The van der Waals surface area contributed by atoms with E-state index in [4.69, 9.17) is 17.3 Å². The van der Waals surface area contributed by atoms with E-state index in [1.807, 2.05) is 6.07 Å². The van der Waals surface area contributed by atoms with Gasteiger partial charge in [-0.25, -0.2) is 0 Å². The van der Waals surface area contributed by atoms with Gasteiger partial charge < -0.3 is 5.73 Å². The van der Waals surface area contributed by atoms with Crippen molar-refractivity contribution >= 4 is 17.3 Å². The smallest absolute Gasteiger partial charge is 0.0566 e. The molecule has 13 heavy (non-hydrogen) atoms. The van der Waals surface area contributed by atoms with Crippen LogP contribution in [0, 0.1) is 0 Å². The molecular weight excluding hydrogens is 186 g/mol. The fourth-order valence-corrected chi connectivity index (χ4v) is 1.38. The first-order chi connectivity index (χ1) is 6.27. The first-order valence-electron chi connectivity index (χ1n) is 3.81. The summed E-state index contributed by atoms with van der Waals surface area (Å²) in [6.45, 7) is 0. The second-order valence-electron chi connectivity index (χ2n) is 2.72. The first kappa shape index (κ1) is 8.13. The van der Waals surface area contributed by atoms with Crippen molar-refractivity contribution < 1.29 is 0 Å². The van der Waals surface area contributed by atoms with Gasteiger partial charge in [-0.1, -0.05) is 17.7 Å². The van der Waals surface area contributed by atoms with Crippen LogP contribution in [0.1, 0.15) is 0 Å². The van der Waals surface area contributed by atoms with E-state index >= 15 is 0 Å². The quantitative estimate of drug-likeness (QED) is 0.683. The molecule has 0 amide bonds. The Bertz CT molecular complexity index is 409. The summed E-state index contributed by atoms with van der Waals surface area (Å²) in [5.74, 6) is 0. The maximum absolute atomic E-state index is 5.79. The third-order valence-electron chi connectivity index (χ3n) is 1.82. The van der Waals surface area contributed by atoms with Crippen molar-refractivity contribution in [3.8, 4) is 11.1 Å². The van der Waals surface area contributed by atoms with Crippen molar-refractivity contribution in [1.29, 1.82) is 0 Å². The maximum Gasteiger partial charge on any atom is 0.0566 e. The van der Waals surface area contributed by atoms with Crippen molar-refractivity contribution in [3.05, 3.63) is 35.6 Å². The van der Waals surface area contributed by atoms with Gasteiger partial charge >= 0.3 is 0 Å². The minimum atomic E-state index is 0.643.